The Bertz CT molecular complexity index is 694. The van der Waals surface area contributed by atoms with Gasteiger partial charge in [-0.15, -0.1) is 0 Å². The van der Waals surface area contributed by atoms with Gasteiger partial charge < -0.3 is 15.0 Å². The fourth-order valence-corrected chi connectivity index (χ4v) is 2.97. The Kier molecular flexibility index (Phi) is 5.88. The van der Waals surface area contributed by atoms with Gasteiger partial charge in [0.05, 0.1) is 11.9 Å². The van der Waals surface area contributed by atoms with Gasteiger partial charge in [0.1, 0.15) is 11.6 Å². The Balaban J connectivity index is 1.50. The van der Waals surface area contributed by atoms with E-state index in [2.05, 4.69) is 22.1 Å². The third kappa shape index (κ3) is 4.95. The molecule has 0 bridgehead atoms. The first-order valence-corrected chi connectivity index (χ1v) is 8.97. The zero-order valence-corrected chi connectivity index (χ0v) is 14.7. The molecule has 0 atom stereocenters. The number of aryl methyl sites for hydroxylation is 1. The second kappa shape index (κ2) is 8.51. The summed E-state index contributed by atoms with van der Waals surface area (Å²) in [5.74, 6) is 1.51. The molecule has 0 radical (unpaired) electrons. The number of ether oxygens (including phenoxy) is 1. The van der Waals surface area contributed by atoms with Crippen LogP contribution in [0.4, 0.5) is 11.5 Å². The van der Waals surface area contributed by atoms with Crippen LogP contribution in [0.3, 0.4) is 0 Å². The van der Waals surface area contributed by atoms with Crippen molar-refractivity contribution in [3.8, 4) is 5.75 Å². The van der Waals surface area contributed by atoms with Crippen LogP contribution in [0.1, 0.15) is 31.7 Å². The van der Waals surface area contributed by atoms with Crippen LogP contribution in [-0.2, 0) is 11.2 Å². The average molecular weight is 339 g/mol. The number of hydrogen-bond donors (Lipinski definition) is 1. The van der Waals surface area contributed by atoms with Crippen molar-refractivity contribution >= 4 is 17.4 Å². The van der Waals surface area contributed by atoms with Gasteiger partial charge in [0.15, 0.2) is 6.61 Å². The molecule has 132 valence electrons. The molecule has 0 saturated carbocycles. The van der Waals surface area contributed by atoms with Crippen molar-refractivity contribution in [2.24, 2.45) is 0 Å². The summed E-state index contributed by atoms with van der Waals surface area (Å²) in [6, 6.07) is 11.7. The summed E-state index contributed by atoms with van der Waals surface area (Å²) in [6.45, 7) is 4.19. The summed E-state index contributed by atoms with van der Waals surface area (Å²) in [6.07, 6.45) is 6.39. The smallest absolute Gasteiger partial charge is 0.262 e. The number of nitrogens with zero attached hydrogens (tertiary/aromatic N) is 2. The Morgan fingerprint density at radius 1 is 1.20 bits per heavy atom. The van der Waals surface area contributed by atoms with Crippen LogP contribution in [-0.4, -0.2) is 30.6 Å². The molecule has 0 unspecified atom stereocenters. The number of rotatable bonds is 6. The molecular weight excluding hydrogens is 314 g/mol. The number of carbonyl (C=O) groups is 1. The fourth-order valence-electron chi connectivity index (χ4n) is 2.97. The van der Waals surface area contributed by atoms with Crippen molar-refractivity contribution in [2.45, 2.75) is 32.6 Å². The molecule has 1 N–H and O–H groups in total. The third-order valence-corrected chi connectivity index (χ3v) is 4.39. The first-order chi connectivity index (χ1) is 12.2. The van der Waals surface area contributed by atoms with E-state index in [1.807, 2.05) is 36.4 Å². The zero-order chi connectivity index (χ0) is 17.5. The van der Waals surface area contributed by atoms with Crippen molar-refractivity contribution < 1.29 is 9.53 Å². The maximum atomic E-state index is 12.1. The van der Waals surface area contributed by atoms with Gasteiger partial charge in [-0.2, -0.15) is 0 Å². The summed E-state index contributed by atoms with van der Waals surface area (Å²) < 4.78 is 5.56. The lowest BCUT2D eigenvalue weighted by molar-refractivity contribution is -0.118. The zero-order valence-electron chi connectivity index (χ0n) is 14.7. The van der Waals surface area contributed by atoms with Gasteiger partial charge >= 0.3 is 0 Å². The van der Waals surface area contributed by atoms with Crippen molar-refractivity contribution in [3.05, 3.63) is 48.2 Å². The maximum Gasteiger partial charge on any atom is 0.262 e. The van der Waals surface area contributed by atoms with Gasteiger partial charge in [0.25, 0.3) is 5.91 Å². The number of hydrogen-bond acceptors (Lipinski definition) is 4. The van der Waals surface area contributed by atoms with E-state index < -0.39 is 0 Å². The molecule has 1 amide bonds. The van der Waals surface area contributed by atoms with Gasteiger partial charge in [-0.3, -0.25) is 4.79 Å². The lowest BCUT2D eigenvalue weighted by Gasteiger charge is -2.27. The topological polar surface area (TPSA) is 54.5 Å². The van der Waals surface area contributed by atoms with Crippen molar-refractivity contribution in [2.75, 3.05) is 29.9 Å². The molecule has 2 aromatic rings. The largest absolute Gasteiger partial charge is 0.484 e. The monoisotopic (exact) mass is 339 g/mol. The van der Waals surface area contributed by atoms with E-state index >= 15 is 0 Å². The number of anilines is 2. The first kappa shape index (κ1) is 17.3. The van der Waals surface area contributed by atoms with E-state index in [9.17, 15) is 4.79 Å². The lowest BCUT2D eigenvalue weighted by Crippen LogP contribution is -2.30. The highest BCUT2D eigenvalue weighted by atomic mass is 16.5. The number of pyridine rings is 1. The standard InChI is InChI=1S/C20H25N3O2/c1-2-16-7-6-8-18(13-16)25-15-20(24)22-17-9-10-19(21-14-17)23-11-4-3-5-12-23/h6-10,13-14H,2-5,11-12,15H2,1H3,(H,22,24). The molecule has 0 aliphatic carbocycles. The molecule has 5 heteroatoms. The van der Waals surface area contributed by atoms with Crippen molar-refractivity contribution in [3.63, 3.8) is 0 Å². The van der Waals surface area contributed by atoms with Crippen LogP contribution >= 0.6 is 0 Å². The SMILES string of the molecule is CCc1cccc(OCC(=O)Nc2ccc(N3CCCCC3)nc2)c1. The normalized spacial score (nSPS) is 14.2. The van der Waals surface area contributed by atoms with Crippen LogP contribution in [0.25, 0.3) is 0 Å². The van der Waals surface area contributed by atoms with Crippen molar-refractivity contribution in [1.29, 1.82) is 0 Å². The molecule has 5 nitrogen and oxygen atoms in total. The Morgan fingerprint density at radius 3 is 2.76 bits per heavy atom. The molecule has 1 aromatic carbocycles. The minimum absolute atomic E-state index is 0.0129. The first-order valence-electron chi connectivity index (χ1n) is 8.97. The van der Waals surface area contributed by atoms with Crippen LogP contribution in [0, 0.1) is 0 Å². The quantitative estimate of drug-likeness (QED) is 0.873. The van der Waals surface area contributed by atoms with Crippen LogP contribution in [0.5, 0.6) is 5.75 Å². The van der Waals surface area contributed by atoms with Gasteiger partial charge in [-0.05, 0) is 55.5 Å². The molecule has 1 aromatic heterocycles. The molecule has 3 rings (SSSR count). The highest BCUT2D eigenvalue weighted by Gasteiger charge is 2.12. The molecular formula is C20H25N3O2. The molecule has 25 heavy (non-hydrogen) atoms. The molecule has 2 heterocycles. The van der Waals surface area contributed by atoms with E-state index in [1.165, 1.54) is 24.8 Å². The Morgan fingerprint density at radius 2 is 2.04 bits per heavy atom. The van der Waals surface area contributed by atoms with E-state index in [0.717, 1.165) is 25.3 Å². The number of amides is 1. The maximum absolute atomic E-state index is 12.1. The highest BCUT2D eigenvalue weighted by molar-refractivity contribution is 5.91. The Hall–Kier alpha value is -2.56. The van der Waals surface area contributed by atoms with E-state index in [1.54, 1.807) is 6.20 Å². The summed E-state index contributed by atoms with van der Waals surface area (Å²) in [7, 11) is 0. The van der Waals surface area contributed by atoms with Gasteiger partial charge in [0, 0.05) is 13.1 Å². The summed E-state index contributed by atoms with van der Waals surface area (Å²) in [4.78, 5) is 18.8. The van der Waals surface area contributed by atoms with Crippen LogP contribution in [0.2, 0.25) is 0 Å². The molecule has 1 aliphatic heterocycles. The average Bonchev–Trinajstić information content (AvgIpc) is 2.68. The van der Waals surface area contributed by atoms with E-state index in [0.29, 0.717) is 11.4 Å². The van der Waals surface area contributed by atoms with E-state index in [-0.39, 0.29) is 12.5 Å². The molecule has 1 aliphatic rings. The third-order valence-electron chi connectivity index (χ3n) is 4.39. The number of carbonyl (C=O) groups excluding carboxylic acids is 1. The predicted octanol–water partition coefficient (Wildman–Crippen LogP) is 3.65. The van der Waals surface area contributed by atoms with Gasteiger partial charge in [0.2, 0.25) is 0 Å². The number of aromatic nitrogens is 1. The number of benzene rings is 1. The highest BCUT2D eigenvalue weighted by Crippen LogP contribution is 2.19. The number of piperidine rings is 1. The fraction of sp³-hybridized carbons (Fsp3) is 0.400. The minimum atomic E-state index is -0.186. The predicted molar refractivity (Wildman–Crippen MR) is 100 cm³/mol. The second-order valence-electron chi connectivity index (χ2n) is 6.29. The second-order valence-corrected chi connectivity index (χ2v) is 6.29. The van der Waals surface area contributed by atoms with E-state index in [4.69, 9.17) is 4.74 Å². The van der Waals surface area contributed by atoms with Gasteiger partial charge in [-0.25, -0.2) is 4.98 Å². The molecule has 0 spiro atoms. The van der Waals surface area contributed by atoms with Crippen LogP contribution in [0.15, 0.2) is 42.6 Å². The summed E-state index contributed by atoms with van der Waals surface area (Å²) in [5, 5.41) is 2.83. The minimum Gasteiger partial charge on any atom is -0.484 e. The van der Waals surface area contributed by atoms with Crippen molar-refractivity contribution in [1.82, 2.24) is 4.98 Å². The van der Waals surface area contributed by atoms with Gasteiger partial charge in [-0.1, -0.05) is 19.1 Å². The van der Waals surface area contributed by atoms with Crippen LogP contribution < -0.4 is 15.0 Å². The molecule has 1 saturated heterocycles. The number of nitrogens with one attached hydrogen (secondary N) is 1. The summed E-state index contributed by atoms with van der Waals surface area (Å²) in [5.41, 5.74) is 1.88. The summed E-state index contributed by atoms with van der Waals surface area (Å²) >= 11 is 0. The molecule has 1 fully saturated rings. The Labute approximate surface area is 149 Å². The lowest BCUT2D eigenvalue weighted by atomic mass is 10.1.